The van der Waals surface area contributed by atoms with Crippen molar-refractivity contribution in [3.63, 3.8) is 0 Å². The average Bonchev–Trinajstić information content (AvgIpc) is 2.29. The molecule has 0 aromatic carbocycles. The highest BCUT2D eigenvalue weighted by Crippen LogP contribution is 2.37. The molecule has 1 aliphatic carbocycles. The molecule has 1 atom stereocenters. The van der Waals surface area contributed by atoms with Crippen LogP contribution in [0.4, 0.5) is 0 Å². The minimum Gasteiger partial charge on any atom is -0.295 e. The summed E-state index contributed by atoms with van der Waals surface area (Å²) in [6.45, 7) is 5.97. The first-order valence-electron chi connectivity index (χ1n) is 7.27. The second kappa shape index (κ2) is 5.40. The number of piperidine rings is 1. The van der Waals surface area contributed by atoms with E-state index in [1.807, 2.05) is 0 Å². The molecule has 2 heteroatoms. The Morgan fingerprint density at radius 1 is 1.18 bits per heavy atom. The van der Waals surface area contributed by atoms with E-state index in [2.05, 4.69) is 24.8 Å². The number of likely N-dealkylation sites (tertiary alicyclic amines) is 1. The molecular weight excluding hydrogens is 208 g/mol. The number of rotatable bonds is 2. The minimum absolute atomic E-state index is 0.307. The van der Waals surface area contributed by atoms with Gasteiger partial charge in [0.2, 0.25) is 0 Å². The van der Waals surface area contributed by atoms with Crippen molar-refractivity contribution in [2.24, 2.45) is 5.92 Å². The van der Waals surface area contributed by atoms with Crippen LogP contribution in [0.15, 0.2) is 0 Å². The number of hydrogen-bond acceptors (Lipinski definition) is 2. The van der Waals surface area contributed by atoms with Crippen LogP contribution < -0.4 is 0 Å². The molecular formula is C15H26N2. The Hall–Kier alpha value is -0.550. The van der Waals surface area contributed by atoms with Gasteiger partial charge in [-0.2, -0.15) is 5.26 Å². The molecule has 1 unspecified atom stereocenters. The van der Waals surface area contributed by atoms with Crippen LogP contribution >= 0.6 is 0 Å². The van der Waals surface area contributed by atoms with Crippen molar-refractivity contribution < 1.29 is 0 Å². The van der Waals surface area contributed by atoms with Crippen LogP contribution in [-0.4, -0.2) is 23.0 Å². The second-order valence-corrected chi connectivity index (χ2v) is 6.52. The van der Waals surface area contributed by atoms with E-state index >= 15 is 0 Å². The van der Waals surface area contributed by atoms with E-state index in [1.54, 1.807) is 0 Å². The van der Waals surface area contributed by atoms with Crippen LogP contribution in [0.2, 0.25) is 0 Å². The van der Waals surface area contributed by atoms with E-state index in [4.69, 9.17) is 5.26 Å². The van der Waals surface area contributed by atoms with Gasteiger partial charge in [-0.1, -0.05) is 19.3 Å². The van der Waals surface area contributed by atoms with Crippen LogP contribution in [0, 0.1) is 17.2 Å². The summed E-state index contributed by atoms with van der Waals surface area (Å²) in [6, 6.07) is 3.17. The molecule has 0 bridgehead atoms. The minimum atomic E-state index is 0.307. The van der Waals surface area contributed by atoms with Crippen molar-refractivity contribution in [2.45, 2.75) is 76.8 Å². The maximum Gasteiger partial charge on any atom is 0.0624 e. The van der Waals surface area contributed by atoms with Gasteiger partial charge < -0.3 is 0 Å². The molecule has 0 amide bonds. The van der Waals surface area contributed by atoms with Crippen LogP contribution in [0.1, 0.15) is 65.2 Å². The lowest BCUT2D eigenvalue weighted by Gasteiger charge is -2.50. The van der Waals surface area contributed by atoms with Gasteiger partial charge in [-0.15, -0.1) is 0 Å². The molecule has 2 rings (SSSR count). The summed E-state index contributed by atoms with van der Waals surface area (Å²) in [7, 11) is 0. The lowest BCUT2D eigenvalue weighted by atomic mass is 9.78. The van der Waals surface area contributed by atoms with Crippen LogP contribution in [0.3, 0.4) is 0 Å². The third kappa shape index (κ3) is 3.01. The first kappa shape index (κ1) is 12.9. The second-order valence-electron chi connectivity index (χ2n) is 6.52. The van der Waals surface area contributed by atoms with Crippen molar-refractivity contribution in [2.75, 3.05) is 6.54 Å². The zero-order valence-electron chi connectivity index (χ0n) is 11.4. The maximum atomic E-state index is 8.84. The molecule has 2 nitrogen and oxygen atoms in total. The monoisotopic (exact) mass is 234 g/mol. The van der Waals surface area contributed by atoms with Gasteiger partial charge in [0.05, 0.1) is 6.07 Å². The van der Waals surface area contributed by atoms with E-state index in [-0.39, 0.29) is 0 Å². The predicted octanol–water partition coefficient (Wildman–Crippen LogP) is 3.72. The Bertz CT molecular complexity index is 284. The van der Waals surface area contributed by atoms with Crippen molar-refractivity contribution in [3.05, 3.63) is 0 Å². The van der Waals surface area contributed by atoms with Gasteiger partial charge in [0.1, 0.15) is 0 Å². The molecule has 1 saturated carbocycles. The van der Waals surface area contributed by atoms with E-state index in [1.165, 1.54) is 51.5 Å². The summed E-state index contributed by atoms with van der Waals surface area (Å²) in [5, 5.41) is 8.84. The maximum absolute atomic E-state index is 8.84. The molecule has 0 spiro atoms. The number of nitriles is 1. The lowest BCUT2D eigenvalue weighted by molar-refractivity contribution is -0.00278. The fourth-order valence-corrected chi connectivity index (χ4v) is 3.92. The van der Waals surface area contributed by atoms with E-state index in [0.29, 0.717) is 11.5 Å². The summed E-state index contributed by atoms with van der Waals surface area (Å²) in [6.07, 6.45) is 10.2. The van der Waals surface area contributed by atoms with Gasteiger partial charge in [0.25, 0.3) is 0 Å². The van der Waals surface area contributed by atoms with Crippen molar-refractivity contribution in [1.29, 1.82) is 5.26 Å². The van der Waals surface area contributed by atoms with Gasteiger partial charge in [0, 0.05) is 18.0 Å². The van der Waals surface area contributed by atoms with Crippen LogP contribution in [0.5, 0.6) is 0 Å². The highest BCUT2D eigenvalue weighted by molar-refractivity contribution is 4.95. The van der Waals surface area contributed by atoms with Crippen LogP contribution in [0.25, 0.3) is 0 Å². The molecule has 0 aromatic heterocycles. The first-order valence-corrected chi connectivity index (χ1v) is 7.27. The fraction of sp³-hybridized carbons (Fsp3) is 0.933. The highest BCUT2D eigenvalue weighted by Gasteiger charge is 2.38. The summed E-state index contributed by atoms with van der Waals surface area (Å²) in [4.78, 5) is 2.75. The van der Waals surface area contributed by atoms with Gasteiger partial charge in [0.15, 0.2) is 0 Å². The van der Waals surface area contributed by atoms with E-state index in [9.17, 15) is 0 Å². The molecule has 0 N–H and O–H groups in total. The molecule has 2 aliphatic rings. The smallest absolute Gasteiger partial charge is 0.0624 e. The van der Waals surface area contributed by atoms with Gasteiger partial charge >= 0.3 is 0 Å². The Morgan fingerprint density at radius 3 is 2.47 bits per heavy atom. The molecule has 0 aromatic rings. The lowest BCUT2D eigenvalue weighted by Crippen LogP contribution is -2.55. The summed E-state index contributed by atoms with van der Waals surface area (Å²) >= 11 is 0. The molecule has 96 valence electrons. The molecule has 1 saturated heterocycles. The Morgan fingerprint density at radius 2 is 1.88 bits per heavy atom. The van der Waals surface area contributed by atoms with Crippen molar-refractivity contribution in [1.82, 2.24) is 4.90 Å². The van der Waals surface area contributed by atoms with E-state index < -0.39 is 0 Å². The number of nitrogens with zero attached hydrogens (tertiary/aromatic N) is 2. The van der Waals surface area contributed by atoms with Crippen molar-refractivity contribution in [3.8, 4) is 6.07 Å². The Kier molecular flexibility index (Phi) is 4.09. The summed E-state index contributed by atoms with van der Waals surface area (Å²) in [5.74, 6) is 0.634. The first-order chi connectivity index (χ1) is 8.13. The van der Waals surface area contributed by atoms with Gasteiger partial charge in [-0.25, -0.2) is 0 Å². The number of hydrogen-bond donors (Lipinski definition) is 0. The van der Waals surface area contributed by atoms with E-state index in [0.717, 1.165) is 12.5 Å². The zero-order valence-corrected chi connectivity index (χ0v) is 11.4. The van der Waals surface area contributed by atoms with Gasteiger partial charge in [-0.3, -0.25) is 4.90 Å². The zero-order chi connectivity index (χ0) is 12.3. The van der Waals surface area contributed by atoms with Crippen molar-refractivity contribution >= 4 is 0 Å². The van der Waals surface area contributed by atoms with Crippen LogP contribution in [-0.2, 0) is 0 Å². The Balaban J connectivity index is 1.97. The molecule has 0 radical (unpaired) electrons. The normalized spacial score (nSPS) is 31.0. The summed E-state index contributed by atoms with van der Waals surface area (Å²) in [5.41, 5.74) is 0.307. The molecule has 17 heavy (non-hydrogen) atoms. The molecule has 2 fully saturated rings. The Labute approximate surface area is 106 Å². The highest BCUT2D eigenvalue weighted by atomic mass is 15.2. The molecule has 1 aliphatic heterocycles. The quantitative estimate of drug-likeness (QED) is 0.728. The average molecular weight is 234 g/mol. The largest absolute Gasteiger partial charge is 0.295 e. The third-order valence-corrected chi connectivity index (χ3v) is 4.74. The van der Waals surface area contributed by atoms with Gasteiger partial charge in [-0.05, 0) is 52.0 Å². The SMILES string of the molecule is CC1(C)CC(CC#N)CCN1C1CCCCC1. The topological polar surface area (TPSA) is 27.0 Å². The predicted molar refractivity (Wildman–Crippen MR) is 70.6 cm³/mol. The fourth-order valence-electron chi connectivity index (χ4n) is 3.92. The standard InChI is InChI=1S/C15H26N2/c1-15(2)12-13(8-10-16)9-11-17(15)14-6-4-3-5-7-14/h13-14H,3-9,11-12H2,1-2H3. The summed E-state index contributed by atoms with van der Waals surface area (Å²) < 4.78 is 0. The third-order valence-electron chi connectivity index (χ3n) is 4.74. The molecule has 1 heterocycles.